The van der Waals surface area contributed by atoms with Gasteiger partial charge in [-0.1, -0.05) is 48.2 Å². The van der Waals surface area contributed by atoms with Crippen molar-refractivity contribution < 1.29 is 0 Å². The SMILES string of the molecule is CC1CCc2c(sc3nc(C(C)Sc4nn(-c5ccccc5)c(=S)s4)[nH]c(=O)c23)C1. The van der Waals surface area contributed by atoms with Gasteiger partial charge in [0, 0.05) is 4.88 Å². The van der Waals surface area contributed by atoms with Crippen LogP contribution in [0.5, 0.6) is 0 Å². The minimum atomic E-state index is -0.0371. The van der Waals surface area contributed by atoms with Crippen molar-refractivity contribution in [2.75, 3.05) is 0 Å². The van der Waals surface area contributed by atoms with Gasteiger partial charge >= 0.3 is 0 Å². The van der Waals surface area contributed by atoms with Crippen molar-refractivity contribution in [2.24, 2.45) is 5.92 Å². The first kappa shape index (κ1) is 20.1. The molecular weight excluding hydrogens is 453 g/mol. The summed E-state index contributed by atoms with van der Waals surface area (Å²) in [5.41, 5.74) is 2.15. The van der Waals surface area contributed by atoms with Gasteiger partial charge in [0.05, 0.1) is 16.3 Å². The second-order valence-corrected chi connectivity index (χ2v) is 11.9. The molecule has 3 heterocycles. The monoisotopic (exact) mass is 472 g/mol. The molecule has 30 heavy (non-hydrogen) atoms. The molecule has 2 atom stereocenters. The number of nitrogens with one attached hydrogen (secondary N) is 1. The first-order valence-corrected chi connectivity index (χ1v) is 12.8. The van der Waals surface area contributed by atoms with Crippen LogP contribution in [0.25, 0.3) is 15.9 Å². The summed E-state index contributed by atoms with van der Waals surface area (Å²) < 4.78 is 3.34. The highest BCUT2D eigenvalue weighted by molar-refractivity contribution is 8.01. The lowest BCUT2D eigenvalue weighted by Gasteiger charge is -2.17. The molecule has 5 nitrogen and oxygen atoms in total. The molecule has 1 N–H and O–H groups in total. The van der Waals surface area contributed by atoms with Gasteiger partial charge in [0.25, 0.3) is 5.56 Å². The van der Waals surface area contributed by atoms with E-state index in [0.717, 1.165) is 39.5 Å². The Hall–Kier alpha value is -1.81. The molecule has 3 aromatic heterocycles. The van der Waals surface area contributed by atoms with Crippen LogP contribution in [0.1, 0.15) is 41.8 Å². The average Bonchev–Trinajstić information content (AvgIpc) is 3.28. The summed E-state index contributed by atoms with van der Waals surface area (Å²) in [6.07, 6.45) is 3.17. The molecule has 4 aromatic rings. The van der Waals surface area contributed by atoms with Gasteiger partial charge in [-0.05, 0) is 62.0 Å². The van der Waals surface area contributed by atoms with E-state index in [1.54, 1.807) is 27.8 Å². The van der Waals surface area contributed by atoms with E-state index in [-0.39, 0.29) is 10.8 Å². The van der Waals surface area contributed by atoms with Crippen LogP contribution in [0.15, 0.2) is 39.5 Å². The van der Waals surface area contributed by atoms with Crippen molar-refractivity contribution in [3.8, 4) is 5.69 Å². The lowest BCUT2D eigenvalue weighted by Crippen LogP contribution is -2.15. The molecule has 0 radical (unpaired) electrons. The van der Waals surface area contributed by atoms with E-state index < -0.39 is 0 Å². The zero-order valence-corrected chi connectivity index (χ0v) is 19.8. The third kappa shape index (κ3) is 3.68. The van der Waals surface area contributed by atoms with Gasteiger partial charge in [0.15, 0.2) is 8.29 Å². The number of aryl methyl sites for hydroxylation is 1. The van der Waals surface area contributed by atoms with E-state index in [9.17, 15) is 4.79 Å². The molecule has 1 aliphatic carbocycles. The highest BCUT2D eigenvalue weighted by Gasteiger charge is 2.24. The van der Waals surface area contributed by atoms with Crippen LogP contribution in [0.4, 0.5) is 0 Å². The number of benzene rings is 1. The molecule has 1 aliphatic rings. The molecule has 1 aromatic carbocycles. The Labute approximate surface area is 191 Å². The molecule has 0 bridgehead atoms. The standard InChI is InChI=1S/C21H20N4OS4/c1-11-8-9-14-15(10-11)29-19-16(14)18(26)22-17(23-19)12(2)28-20-24-25(21(27)30-20)13-6-4-3-5-7-13/h3-7,11-12H,8-10H2,1-2H3,(H,22,23,26). The highest BCUT2D eigenvalue weighted by atomic mass is 32.2. The molecule has 154 valence electrons. The summed E-state index contributed by atoms with van der Waals surface area (Å²) in [4.78, 5) is 22.9. The molecule has 5 rings (SSSR count). The van der Waals surface area contributed by atoms with Gasteiger partial charge in [0.2, 0.25) is 0 Å². The van der Waals surface area contributed by atoms with Crippen LogP contribution in [0.3, 0.4) is 0 Å². The quantitative estimate of drug-likeness (QED) is 0.294. The third-order valence-corrected chi connectivity index (χ3v) is 8.95. The number of thiophene rings is 1. The fraction of sp³-hybridized carbons (Fsp3) is 0.333. The highest BCUT2D eigenvalue weighted by Crippen LogP contribution is 2.38. The molecular formula is C21H20N4OS4. The Morgan fingerprint density at radius 2 is 2.10 bits per heavy atom. The lowest BCUT2D eigenvalue weighted by atomic mass is 9.89. The van der Waals surface area contributed by atoms with E-state index in [4.69, 9.17) is 17.2 Å². The Morgan fingerprint density at radius 1 is 1.30 bits per heavy atom. The van der Waals surface area contributed by atoms with Crippen LogP contribution >= 0.6 is 46.7 Å². The lowest BCUT2D eigenvalue weighted by molar-refractivity contribution is 0.509. The molecule has 0 fully saturated rings. The molecule has 0 amide bonds. The average molecular weight is 473 g/mol. The predicted octanol–water partition coefficient (Wildman–Crippen LogP) is 5.94. The minimum absolute atomic E-state index is 0.0167. The maximum absolute atomic E-state index is 12.9. The van der Waals surface area contributed by atoms with E-state index >= 15 is 0 Å². The van der Waals surface area contributed by atoms with Gasteiger partial charge in [-0.3, -0.25) is 4.79 Å². The van der Waals surface area contributed by atoms with Gasteiger partial charge in [-0.25, -0.2) is 9.67 Å². The number of thioether (sulfide) groups is 1. The number of fused-ring (bicyclic) bond motifs is 3. The molecule has 0 aliphatic heterocycles. The minimum Gasteiger partial charge on any atom is -0.309 e. The molecule has 0 spiro atoms. The van der Waals surface area contributed by atoms with Crippen LogP contribution in [0, 0.1) is 9.87 Å². The fourth-order valence-electron chi connectivity index (χ4n) is 3.81. The summed E-state index contributed by atoms with van der Waals surface area (Å²) in [5, 5.41) is 5.43. The van der Waals surface area contributed by atoms with E-state index in [1.807, 2.05) is 37.3 Å². The number of para-hydroxylation sites is 1. The summed E-state index contributed by atoms with van der Waals surface area (Å²) in [6.45, 7) is 4.32. The van der Waals surface area contributed by atoms with E-state index in [2.05, 4.69) is 17.0 Å². The Kier molecular flexibility index (Phi) is 5.38. The van der Waals surface area contributed by atoms with Gasteiger partial charge in [-0.2, -0.15) is 0 Å². The summed E-state index contributed by atoms with van der Waals surface area (Å²) >= 11 is 10.2. The Bertz CT molecular complexity index is 1330. The Morgan fingerprint density at radius 3 is 2.90 bits per heavy atom. The maximum Gasteiger partial charge on any atom is 0.259 e. The zero-order chi connectivity index (χ0) is 20.8. The Balaban J connectivity index is 1.45. The van der Waals surface area contributed by atoms with Crippen molar-refractivity contribution >= 4 is 56.9 Å². The molecule has 2 unspecified atom stereocenters. The smallest absolute Gasteiger partial charge is 0.259 e. The predicted molar refractivity (Wildman–Crippen MR) is 128 cm³/mol. The zero-order valence-electron chi connectivity index (χ0n) is 16.5. The molecule has 9 heteroatoms. The second-order valence-electron chi connectivity index (χ2n) is 7.62. The van der Waals surface area contributed by atoms with Gasteiger partial charge in [-0.15, -0.1) is 16.4 Å². The first-order valence-electron chi connectivity index (χ1n) is 9.86. The number of H-pyrrole nitrogens is 1. The van der Waals surface area contributed by atoms with Crippen molar-refractivity contribution in [2.45, 2.75) is 42.7 Å². The topological polar surface area (TPSA) is 63.6 Å². The molecule has 0 saturated carbocycles. The summed E-state index contributed by atoms with van der Waals surface area (Å²) in [6, 6.07) is 9.88. The van der Waals surface area contributed by atoms with Gasteiger partial charge in [0.1, 0.15) is 10.7 Å². The van der Waals surface area contributed by atoms with Crippen molar-refractivity contribution in [3.63, 3.8) is 0 Å². The summed E-state index contributed by atoms with van der Waals surface area (Å²) in [7, 11) is 0. The molecule has 0 saturated heterocycles. The van der Waals surface area contributed by atoms with E-state index in [0.29, 0.717) is 15.7 Å². The number of aromatic amines is 1. The van der Waals surface area contributed by atoms with E-state index in [1.165, 1.54) is 21.8 Å². The number of hydrogen-bond donors (Lipinski definition) is 1. The maximum atomic E-state index is 12.9. The van der Waals surface area contributed by atoms with Crippen molar-refractivity contribution in [3.05, 3.63) is 60.9 Å². The van der Waals surface area contributed by atoms with Crippen LogP contribution in [0.2, 0.25) is 0 Å². The van der Waals surface area contributed by atoms with Crippen molar-refractivity contribution in [1.29, 1.82) is 0 Å². The number of hydrogen-bond acceptors (Lipinski definition) is 7. The van der Waals surface area contributed by atoms with Gasteiger partial charge < -0.3 is 4.98 Å². The van der Waals surface area contributed by atoms with Crippen molar-refractivity contribution in [1.82, 2.24) is 19.7 Å². The largest absolute Gasteiger partial charge is 0.309 e. The van der Waals surface area contributed by atoms with Crippen LogP contribution in [-0.4, -0.2) is 19.7 Å². The third-order valence-electron chi connectivity index (χ3n) is 5.38. The number of aromatic nitrogens is 4. The van der Waals surface area contributed by atoms with Crippen LogP contribution < -0.4 is 5.56 Å². The normalized spacial score (nSPS) is 17.2. The van der Waals surface area contributed by atoms with Crippen LogP contribution in [-0.2, 0) is 12.8 Å². The fourth-order valence-corrected chi connectivity index (χ4v) is 7.76. The summed E-state index contributed by atoms with van der Waals surface area (Å²) in [5.74, 6) is 1.36. The number of nitrogens with zero attached hydrogens (tertiary/aromatic N) is 3. The number of rotatable bonds is 4. The first-order chi connectivity index (χ1) is 14.5. The second kappa shape index (κ2) is 8.03.